The van der Waals surface area contributed by atoms with Crippen LogP contribution in [-0.4, -0.2) is 11.9 Å². The van der Waals surface area contributed by atoms with Crippen molar-refractivity contribution in [1.82, 2.24) is 0 Å². The van der Waals surface area contributed by atoms with Crippen LogP contribution >= 0.6 is 0 Å². The number of anilines is 1. The summed E-state index contributed by atoms with van der Waals surface area (Å²) in [6.45, 7) is 1.98. The van der Waals surface area contributed by atoms with Crippen LogP contribution in [0.15, 0.2) is 24.3 Å². The van der Waals surface area contributed by atoms with Gasteiger partial charge in [-0.3, -0.25) is 4.79 Å². The third kappa shape index (κ3) is 3.69. The highest BCUT2D eigenvalue weighted by Gasteiger charge is 2.09. The Bertz CT molecular complexity index is 378. The zero-order valence-electron chi connectivity index (χ0n) is 8.53. The summed E-state index contributed by atoms with van der Waals surface area (Å²) < 4.78 is 0. The standard InChI is InChI=1S/C11H13N3O/c1-8-2-4-9(5-3-8)14-10(7-12)6-11(13)15/h2-5,10,14H,6H2,1H3,(H2,13,15). The molecule has 1 aromatic rings. The largest absolute Gasteiger partial charge is 0.370 e. The van der Waals surface area contributed by atoms with Gasteiger partial charge in [0.1, 0.15) is 6.04 Å². The molecule has 3 N–H and O–H groups in total. The van der Waals surface area contributed by atoms with Crippen LogP contribution in [-0.2, 0) is 4.79 Å². The summed E-state index contributed by atoms with van der Waals surface area (Å²) in [5, 5.41) is 11.7. The number of nitriles is 1. The van der Waals surface area contributed by atoms with Crippen LogP contribution in [0.5, 0.6) is 0 Å². The summed E-state index contributed by atoms with van der Waals surface area (Å²) in [6, 6.07) is 9.01. The molecular formula is C11H13N3O. The topological polar surface area (TPSA) is 78.9 Å². The predicted octanol–water partition coefficient (Wildman–Crippen LogP) is 1.17. The van der Waals surface area contributed by atoms with Crippen molar-refractivity contribution in [3.63, 3.8) is 0 Å². The van der Waals surface area contributed by atoms with Crippen LogP contribution < -0.4 is 11.1 Å². The lowest BCUT2D eigenvalue weighted by atomic mass is 10.2. The Morgan fingerprint density at radius 2 is 2.13 bits per heavy atom. The molecule has 4 nitrogen and oxygen atoms in total. The highest BCUT2D eigenvalue weighted by molar-refractivity contribution is 5.75. The number of carbonyl (C=O) groups excluding carboxylic acids is 1. The zero-order valence-corrected chi connectivity index (χ0v) is 8.53. The van der Waals surface area contributed by atoms with Gasteiger partial charge in [0.2, 0.25) is 5.91 Å². The molecule has 0 saturated carbocycles. The molecule has 1 aromatic carbocycles. The molecule has 1 rings (SSSR count). The fraction of sp³-hybridized carbons (Fsp3) is 0.273. The molecule has 0 heterocycles. The van der Waals surface area contributed by atoms with Crippen LogP contribution in [0.4, 0.5) is 5.69 Å². The maximum atomic E-state index is 10.6. The molecule has 78 valence electrons. The van der Waals surface area contributed by atoms with Crippen molar-refractivity contribution in [2.75, 3.05) is 5.32 Å². The lowest BCUT2D eigenvalue weighted by molar-refractivity contribution is -0.118. The molecule has 0 spiro atoms. The minimum atomic E-state index is -0.565. The molecule has 1 atom stereocenters. The van der Waals surface area contributed by atoms with E-state index in [-0.39, 0.29) is 6.42 Å². The lowest BCUT2D eigenvalue weighted by Crippen LogP contribution is -2.25. The number of nitrogens with one attached hydrogen (secondary N) is 1. The molecule has 1 unspecified atom stereocenters. The molecule has 0 bridgehead atoms. The number of benzene rings is 1. The predicted molar refractivity (Wildman–Crippen MR) is 58.0 cm³/mol. The maximum absolute atomic E-state index is 10.6. The van der Waals surface area contributed by atoms with E-state index in [0.717, 1.165) is 11.3 Å². The highest BCUT2D eigenvalue weighted by atomic mass is 16.1. The second-order valence-electron chi connectivity index (χ2n) is 3.36. The number of aryl methyl sites for hydroxylation is 1. The molecular weight excluding hydrogens is 190 g/mol. The summed E-state index contributed by atoms with van der Waals surface area (Å²) in [5.41, 5.74) is 6.97. The van der Waals surface area contributed by atoms with Gasteiger partial charge in [0.25, 0.3) is 0 Å². The first-order valence-corrected chi connectivity index (χ1v) is 4.63. The van der Waals surface area contributed by atoms with Crippen LogP contribution in [0.25, 0.3) is 0 Å². The van der Waals surface area contributed by atoms with Crippen molar-refractivity contribution >= 4 is 11.6 Å². The van der Waals surface area contributed by atoms with Crippen molar-refractivity contribution in [2.24, 2.45) is 5.73 Å². The lowest BCUT2D eigenvalue weighted by Gasteiger charge is -2.10. The van der Waals surface area contributed by atoms with Gasteiger partial charge in [0.05, 0.1) is 12.5 Å². The van der Waals surface area contributed by atoms with E-state index in [1.54, 1.807) is 0 Å². The van der Waals surface area contributed by atoms with E-state index in [0.29, 0.717) is 0 Å². The van der Waals surface area contributed by atoms with Gasteiger partial charge >= 0.3 is 0 Å². The van der Waals surface area contributed by atoms with Gasteiger partial charge in [-0.1, -0.05) is 17.7 Å². The SMILES string of the molecule is Cc1ccc(NC(C#N)CC(N)=O)cc1. The minimum absolute atomic E-state index is 0.0182. The molecule has 1 amide bonds. The van der Waals surface area contributed by atoms with E-state index in [1.165, 1.54) is 0 Å². The Hall–Kier alpha value is -2.02. The van der Waals surface area contributed by atoms with E-state index in [2.05, 4.69) is 5.32 Å². The number of hydrogen-bond acceptors (Lipinski definition) is 3. The number of primary amides is 1. The highest BCUT2D eigenvalue weighted by Crippen LogP contribution is 2.10. The second-order valence-corrected chi connectivity index (χ2v) is 3.36. The first-order valence-electron chi connectivity index (χ1n) is 4.63. The summed E-state index contributed by atoms with van der Waals surface area (Å²) in [4.78, 5) is 10.6. The summed E-state index contributed by atoms with van der Waals surface area (Å²) in [6.07, 6.45) is 0.0182. The minimum Gasteiger partial charge on any atom is -0.370 e. The number of rotatable bonds is 4. The average Bonchev–Trinajstić information content (AvgIpc) is 2.19. The average molecular weight is 203 g/mol. The summed E-state index contributed by atoms with van der Waals surface area (Å²) >= 11 is 0. The van der Waals surface area contributed by atoms with Gasteiger partial charge in [-0.15, -0.1) is 0 Å². The van der Waals surface area contributed by atoms with Crippen molar-refractivity contribution < 1.29 is 4.79 Å². The second kappa shape index (κ2) is 5.01. The van der Waals surface area contributed by atoms with E-state index in [1.807, 2.05) is 37.3 Å². The number of nitrogens with zero attached hydrogens (tertiary/aromatic N) is 1. The van der Waals surface area contributed by atoms with E-state index < -0.39 is 11.9 Å². The van der Waals surface area contributed by atoms with Gasteiger partial charge < -0.3 is 11.1 Å². The van der Waals surface area contributed by atoms with E-state index in [9.17, 15) is 4.79 Å². The van der Waals surface area contributed by atoms with Crippen LogP contribution in [0.3, 0.4) is 0 Å². The Morgan fingerprint density at radius 3 is 2.60 bits per heavy atom. The number of carbonyl (C=O) groups is 1. The van der Waals surface area contributed by atoms with Gasteiger partial charge in [0, 0.05) is 5.69 Å². The monoisotopic (exact) mass is 203 g/mol. The van der Waals surface area contributed by atoms with Gasteiger partial charge in [-0.05, 0) is 19.1 Å². The van der Waals surface area contributed by atoms with Crippen molar-refractivity contribution in [3.05, 3.63) is 29.8 Å². The number of amides is 1. The molecule has 0 aliphatic rings. The van der Waals surface area contributed by atoms with E-state index in [4.69, 9.17) is 11.0 Å². The van der Waals surface area contributed by atoms with Crippen molar-refractivity contribution in [2.45, 2.75) is 19.4 Å². The molecule has 0 saturated heterocycles. The normalized spacial score (nSPS) is 11.5. The molecule has 0 radical (unpaired) electrons. The van der Waals surface area contributed by atoms with Crippen LogP contribution in [0.1, 0.15) is 12.0 Å². The van der Waals surface area contributed by atoms with Crippen LogP contribution in [0.2, 0.25) is 0 Å². The quantitative estimate of drug-likeness (QED) is 0.771. The third-order valence-electron chi connectivity index (χ3n) is 1.95. The van der Waals surface area contributed by atoms with Crippen LogP contribution in [0, 0.1) is 18.3 Å². The fourth-order valence-electron chi connectivity index (χ4n) is 1.18. The first kappa shape index (κ1) is 11.1. The Morgan fingerprint density at radius 1 is 1.53 bits per heavy atom. The zero-order chi connectivity index (χ0) is 11.3. The smallest absolute Gasteiger partial charge is 0.220 e. The van der Waals surface area contributed by atoms with E-state index >= 15 is 0 Å². The summed E-state index contributed by atoms with van der Waals surface area (Å²) in [7, 11) is 0. The Balaban J connectivity index is 2.63. The molecule has 4 heteroatoms. The molecule has 0 aromatic heterocycles. The van der Waals surface area contributed by atoms with Gasteiger partial charge in [-0.25, -0.2) is 0 Å². The molecule has 0 aliphatic heterocycles. The van der Waals surface area contributed by atoms with Gasteiger partial charge in [0.15, 0.2) is 0 Å². The van der Waals surface area contributed by atoms with Crippen molar-refractivity contribution in [1.29, 1.82) is 5.26 Å². The molecule has 0 aliphatic carbocycles. The summed E-state index contributed by atoms with van der Waals surface area (Å²) in [5.74, 6) is -0.485. The number of hydrogen-bond donors (Lipinski definition) is 2. The van der Waals surface area contributed by atoms with Gasteiger partial charge in [-0.2, -0.15) is 5.26 Å². The maximum Gasteiger partial charge on any atom is 0.220 e. The first-order chi connectivity index (χ1) is 7.11. The third-order valence-corrected chi connectivity index (χ3v) is 1.95. The Labute approximate surface area is 88.7 Å². The molecule has 15 heavy (non-hydrogen) atoms. The number of nitrogens with two attached hydrogens (primary N) is 1. The molecule has 0 fully saturated rings. The Kier molecular flexibility index (Phi) is 3.69. The van der Waals surface area contributed by atoms with Crippen molar-refractivity contribution in [3.8, 4) is 6.07 Å². The fourth-order valence-corrected chi connectivity index (χ4v) is 1.18.